The van der Waals surface area contributed by atoms with Crippen LogP contribution in [0.3, 0.4) is 0 Å². The van der Waals surface area contributed by atoms with Gasteiger partial charge in [0.2, 0.25) is 0 Å². The molecular formula is C14H16N3O3+. The van der Waals surface area contributed by atoms with Crippen molar-refractivity contribution >= 4 is 17.4 Å². The van der Waals surface area contributed by atoms with Crippen molar-refractivity contribution < 1.29 is 18.9 Å². The van der Waals surface area contributed by atoms with Gasteiger partial charge in [0.25, 0.3) is 11.7 Å². The van der Waals surface area contributed by atoms with Crippen LogP contribution in [0, 0.1) is 0 Å². The van der Waals surface area contributed by atoms with Gasteiger partial charge in [-0.25, -0.2) is 4.98 Å². The number of carbonyl (C=O) groups is 1. The average Bonchev–Trinajstić information content (AvgIpc) is 3.03. The van der Waals surface area contributed by atoms with Gasteiger partial charge < -0.3 is 14.5 Å². The molecule has 0 aromatic carbocycles. The number of anilines is 2. The highest BCUT2D eigenvalue weighted by Gasteiger charge is 2.24. The molecule has 1 amide bonds. The standard InChI is InChI=1S/C14H15N3O3/c18-14(12-4-2-8-20-12)16-11-3-1-5-15-13(11)17-6-9-19-10-7-17/h1-5,8H,6-7,9-10H2,(H,16,18)/p+1. The second kappa shape index (κ2) is 5.75. The maximum Gasteiger partial charge on any atom is 0.298 e. The monoisotopic (exact) mass is 274 g/mol. The van der Waals surface area contributed by atoms with Crippen molar-refractivity contribution in [2.24, 2.45) is 0 Å². The number of furan rings is 1. The molecule has 0 unspecified atom stereocenters. The number of nitrogens with zero attached hydrogens (tertiary/aromatic N) is 1. The van der Waals surface area contributed by atoms with Crippen molar-refractivity contribution in [2.75, 3.05) is 36.5 Å². The predicted molar refractivity (Wildman–Crippen MR) is 72.7 cm³/mol. The highest BCUT2D eigenvalue weighted by Crippen LogP contribution is 2.21. The van der Waals surface area contributed by atoms with E-state index in [1.807, 2.05) is 18.3 Å². The molecule has 0 atom stereocenters. The Morgan fingerprint density at radius 1 is 1.25 bits per heavy atom. The molecule has 3 rings (SSSR count). The number of H-pyrrole nitrogens is 1. The molecule has 3 heterocycles. The highest BCUT2D eigenvalue weighted by molar-refractivity contribution is 6.03. The van der Waals surface area contributed by atoms with Crippen LogP contribution in [0.25, 0.3) is 0 Å². The number of rotatable bonds is 3. The Morgan fingerprint density at radius 3 is 2.85 bits per heavy atom. The Hall–Kier alpha value is -2.34. The van der Waals surface area contributed by atoms with Crippen molar-refractivity contribution in [1.82, 2.24) is 0 Å². The predicted octanol–water partition coefficient (Wildman–Crippen LogP) is 1.18. The largest absolute Gasteiger partial charge is 0.459 e. The minimum Gasteiger partial charge on any atom is -0.459 e. The fourth-order valence-electron chi connectivity index (χ4n) is 2.17. The SMILES string of the molecule is O=C(Nc1ccc[nH+]c1N1CCOCC1)c1ccco1. The zero-order valence-electron chi connectivity index (χ0n) is 11.0. The topological polar surface area (TPSA) is 68.9 Å². The number of carbonyl (C=O) groups excluding carboxylic acids is 1. The second-order valence-corrected chi connectivity index (χ2v) is 4.46. The average molecular weight is 274 g/mol. The zero-order chi connectivity index (χ0) is 13.8. The molecule has 0 spiro atoms. The number of pyridine rings is 1. The highest BCUT2D eigenvalue weighted by atomic mass is 16.5. The van der Waals surface area contributed by atoms with Gasteiger partial charge in [0.1, 0.15) is 18.8 Å². The molecular weight excluding hydrogens is 258 g/mol. The molecule has 104 valence electrons. The Balaban J connectivity index is 1.80. The normalized spacial score (nSPS) is 15.1. The lowest BCUT2D eigenvalue weighted by Crippen LogP contribution is -2.40. The van der Waals surface area contributed by atoms with E-state index in [4.69, 9.17) is 9.15 Å². The molecule has 1 fully saturated rings. The van der Waals surface area contributed by atoms with Gasteiger partial charge in [0.05, 0.1) is 25.7 Å². The van der Waals surface area contributed by atoms with Crippen LogP contribution >= 0.6 is 0 Å². The van der Waals surface area contributed by atoms with E-state index < -0.39 is 0 Å². The molecule has 2 N–H and O–H groups in total. The lowest BCUT2D eigenvalue weighted by Gasteiger charge is -2.22. The number of morpholine rings is 1. The lowest BCUT2D eigenvalue weighted by molar-refractivity contribution is -0.363. The number of hydrogen-bond acceptors (Lipinski definition) is 4. The molecule has 6 nitrogen and oxygen atoms in total. The maximum atomic E-state index is 12.0. The van der Waals surface area contributed by atoms with Crippen LogP contribution in [0.2, 0.25) is 0 Å². The fraction of sp³-hybridized carbons (Fsp3) is 0.286. The number of ether oxygens (including phenoxy) is 1. The molecule has 0 bridgehead atoms. The molecule has 1 saturated heterocycles. The summed E-state index contributed by atoms with van der Waals surface area (Å²) in [7, 11) is 0. The van der Waals surface area contributed by atoms with Crippen LogP contribution in [-0.4, -0.2) is 32.2 Å². The first kappa shape index (κ1) is 12.7. The summed E-state index contributed by atoms with van der Waals surface area (Å²) in [6.07, 6.45) is 3.32. The number of hydrogen-bond donors (Lipinski definition) is 1. The van der Waals surface area contributed by atoms with Gasteiger partial charge in [-0.05, 0) is 24.3 Å². The van der Waals surface area contributed by atoms with E-state index in [9.17, 15) is 4.79 Å². The third kappa shape index (κ3) is 2.65. The Bertz CT molecular complexity index is 577. The molecule has 6 heteroatoms. The third-order valence-corrected chi connectivity index (χ3v) is 3.15. The molecule has 20 heavy (non-hydrogen) atoms. The zero-order valence-corrected chi connectivity index (χ0v) is 11.0. The Labute approximate surface area is 116 Å². The van der Waals surface area contributed by atoms with Gasteiger partial charge in [-0.3, -0.25) is 9.69 Å². The lowest BCUT2D eigenvalue weighted by atomic mass is 10.3. The van der Waals surface area contributed by atoms with Crippen molar-refractivity contribution in [3.8, 4) is 0 Å². The molecule has 2 aromatic heterocycles. The van der Waals surface area contributed by atoms with Gasteiger partial charge in [0, 0.05) is 0 Å². The molecule has 0 saturated carbocycles. The van der Waals surface area contributed by atoms with Crippen LogP contribution in [-0.2, 0) is 4.74 Å². The van der Waals surface area contributed by atoms with Crippen molar-refractivity contribution in [3.63, 3.8) is 0 Å². The molecule has 0 radical (unpaired) electrons. The molecule has 1 aliphatic rings. The van der Waals surface area contributed by atoms with Crippen LogP contribution in [0.5, 0.6) is 0 Å². The summed E-state index contributed by atoms with van der Waals surface area (Å²) in [5.41, 5.74) is 0.732. The van der Waals surface area contributed by atoms with Gasteiger partial charge in [-0.2, -0.15) is 0 Å². The number of amides is 1. The summed E-state index contributed by atoms with van der Waals surface area (Å²) >= 11 is 0. The molecule has 1 aliphatic heterocycles. The van der Waals surface area contributed by atoms with E-state index in [1.165, 1.54) is 6.26 Å². The van der Waals surface area contributed by atoms with E-state index >= 15 is 0 Å². The van der Waals surface area contributed by atoms with E-state index in [0.717, 1.165) is 24.6 Å². The van der Waals surface area contributed by atoms with Crippen LogP contribution in [0.1, 0.15) is 10.6 Å². The fourth-order valence-corrected chi connectivity index (χ4v) is 2.17. The minimum absolute atomic E-state index is 0.260. The van der Waals surface area contributed by atoms with E-state index in [0.29, 0.717) is 19.0 Å². The van der Waals surface area contributed by atoms with Gasteiger partial charge in [0.15, 0.2) is 5.76 Å². The minimum atomic E-state index is -0.260. The summed E-state index contributed by atoms with van der Waals surface area (Å²) in [4.78, 5) is 17.4. The van der Waals surface area contributed by atoms with Crippen LogP contribution in [0.4, 0.5) is 11.5 Å². The quantitative estimate of drug-likeness (QED) is 0.912. The summed E-state index contributed by atoms with van der Waals surface area (Å²) in [6, 6.07) is 7.04. The molecule has 2 aromatic rings. The van der Waals surface area contributed by atoms with Crippen molar-refractivity contribution in [1.29, 1.82) is 0 Å². The summed E-state index contributed by atoms with van der Waals surface area (Å²) in [6.45, 7) is 2.97. The van der Waals surface area contributed by atoms with Gasteiger partial charge in [-0.15, -0.1) is 0 Å². The van der Waals surface area contributed by atoms with E-state index in [1.54, 1.807) is 12.1 Å². The first-order chi connectivity index (χ1) is 9.84. The van der Waals surface area contributed by atoms with Crippen molar-refractivity contribution in [2.45, 2.75) is 0 Å². The summed E-state index contributed by atoms with van der Waals surface area (Å²) < 4.78 is 10.4. The maximum absolute atomic E-state index is 12.0. The summed E-state index contributed by atoms with van der Waals surface area (Å²) in [5, 5.41) is 2.86. The second-order valence-electron chi connectivity index (χ2n) is 4.46. The summed E-state index contributed by atoms with van der Waals surface area (Å²) in [5.74, 6) is 0.918. The first-order valence-electron chi connectivity index (χ1n) is 6.53. The van der Waals surface area contributed by atoms with Crippen LogP contribution < -0.4 is 15.2 Å². The third-order valence-electron chi connectivity index (χ3n) is 3.15. The number of aromatic nitrogens is 1. The Morgan fingerprint density at radius 2 is 2.10 bits per heavy atom. The van der Waals surface area contributed by atoms with Crippen molar-refractivity contribution in [3.05, 3.63) is 42.5 Å². The van der Waals surface area contributed by atoms with Crippen LogP contribution in [0.15, 0.2) is 41.1 Å². The smallest absolute Gasteiger partial charge is 0.298 e. The van der Waals surface area contributed by atoms with E-state index in [-0.39, 0.29) is 5.91 Å². The Kier molecular flexibility index (Phi) is 3.64. The van der Waals surface area contributed by atoms with Gasteiger partial charge >= 0.3 is 0 Å². The number of aromatic amines is 1. The number of nitrogens with one attached hydrogen (secondary N) is 2. The molecule has 0 aliphatic carbocycles. The first-order valence-corrected chi connectivity index (χ1v) is 6.53. The van der Waals surface area contributed by atoms with E-state index in [2.05, 4.69) is 15.2 Å². The van der Waals surface area contributed by atoms with Gasteiger partial charge in [-0.1, -0.05) is 0 Å².